The van der Waals surface area contributed by atoms with Crippen molar-refractivity contribution in [1.82, 2.24) is 19.3 Å². The van der Waals surface area contributed by atoms with Gasteiger partial charge in [-0.1, -0.05) is 18.2 Å². The topological polar surface area (TPSA) is 69.0 Å². The Balaban J connectivity index is 1.45. The maximum Gasteiger partial charge on any atom is 0.338 e. The van der Waals surface area contributed by atoms with Crippen molar-refractivity contribution < 1.29 is 14.3 Å². The lowest BCUT2D eigenvalue weighted by molar-refractivity contribution is 0.0693. The molecular weight excluding hydrogens is 447 g/mol. The van der Waals surface area contributed by atoms with Crippen molar-refractivity contribution in [2.45, 2.75) is 19.4 Å². The number of nitrogens with zero attached hydrogens (tertiary/aromatic N) is 4. The van der Waals surface area contributed by atoms with Gasteiger partial charge in [0.15, 0.2) is 0 Å². The summed E-state index contributed by atoms with van der Waals surface area (Å²) in [7, 11) is 0. The molecule has 2 aliphatic heterocycles. The maximum atomic E-state index is 13.6. The molecule has 2 saturated heterocycles. The number of fused-ring (bicyclic) bond motifs is 1. The number of hydrogen-bond acceptors (Lipinski definition) is 5. The lowest BCUT2D eigenvalue weighted by Gasteiger charge is -2.36. The lowest BCUT2D eigenvalue weighted by Crippen LogP contribution is -2.48. The predicted molar refractivity (Wildman–Crippen MR) is 134 cm³/mol. The summed E-state index contributed by atoms with van der Waals surface area (Å²) in [6, 6.07) is 12.4. The molecule has 0 atom stereocenters. The first kappa shape index (κ1) is 23.7. The number of rotatable bonds is 7. The van der Waals surface area contributed by atoms with E-state index < -0.39 is 11.8 Å². The smallest absolute Gasteiger partial charge is 0.338 e. The number of hydrogen-bond donors (Lipinski definition) is 1. The van der Waals surface area contributed by atoms with E-state index in [0.717, 1.165) is 39.3 Å². The van der Waals surface area contributed by atoms with Crippen LogP contribution in [0.25, 0.3) is 16.5 Å². The molecule has 2 fully saturated rings. The second-order valence-corrected chi connectivity index (χ2v) is 9.46. The Labute approximate surface area is 204 Å². The highest BCUT2D eigenvalue weighted by Gasteiger charge is 2.26. The first-order valence-electron chi connectivity index (χ1n) is 12.3. The molecule has 2 aliphatic rings. The summed E-state index contributed by atoms with van der Waals surface area (Å²) >= 11 is 0. The van der Waals surface area contributed by atoms with Crippen molar-refractivity contribution >= 4 is 16.7 Å². The third kappa shape index (κ3) is 5.00. The van der Waals surface area contributed by atoms with Crippen molar-refractivity contribution in [3.63, 3.8) is 0 Å². The number of benzene rings is 2. The molecule has 8 heteroatoms. The summed E-state index contributed by atoms with van der Waals surface area (Å²) < 4.78 is 15.1. The Morgan fingerprint density at radius 1 is 0.800 bits per heavy atom. The maximum absolute atomic E-state index is 13.6. The van der Waals surface area contributed by atoms with E-state index in [1.807, 2.05) is 0 Å². The monoisotopic (exact) mass is 478 g/mol. The predicted octanol–water partition coefficient (Wildman–Crippen LogP) is 3.04. The average Bonchev–Trinajstić information content (AvgIpc) is 3.38. The van der Waals surface area contributed by atoms with E-state index in [-0.39, 0.29) is 11.1 Å². The molecule has 3 aromatic rings. The Hall–Kier alpha value is -3.07. The zero-order valence-electron chi connectivity index (χ0n) is 19.8. The van der Waals surface area contributed by atoms with E-state index in [9.17, 15) is 19.1 Å². The van der Waals surface area contributed by atoms with Crippen LogP contribution in [0.2, 0.25) is 0 Å². The summed E-state index contributed by atoms with van der Waals surface area (Å²) in [4.78, 5) is 33.2. The third-order valence-electron chi connectivity index (χ3n) is 7.26. The third-order valence-corrected chi connectivity index (χ3v) is 7.26. The summed E-state index contributed by atoms with van der Waals surface area (Å²) in [6.07, 6.45) is 2.59. The van der Waals surface area contributed by atoms with E-state index in [2.05, 4.69) is 14.7 Å². The van der Waals surface area contributed by atoms with Crippen molar-refractivity contribution in [2.24, 2.45) is 0 Å². The fourth-order valence-corrected chi connectivity index (χ4v) is 5.32. The minimum absolute atomic E-state index is 0.126. The fourth-order valence-electron chi connectivity index (χ4n) is 5.32. The number of carboxylic acids is 1. The number of piperazine rings is 1. The molecule has 35 heavy (non-hydrogen) atoms. The Morgan fingerprint density at radius 2 is 1.37 bits per heavy atom. The highest BCUT2D eigenvalue weighted by atomic mass is 19.1. The van der Waals surface area contributed by atoms with E-state index in [1.54, 1.807) is 24.3 Å². The van der Waals surface area contributed by atoms with Gasteiger partial charge >= 0.3 is 5.97 Å². The molecule has 7 nitrogen and oxygen atoms in total. The van der Waals surface area contributed by atoms with Gasteiger partial charge in [0.1, 0.15) is 5.82 Å². The minimum atomic E-state index is -1.07. The van der Waals surface area contributed by atoms with Crippen LogP contribution in [0.15, 0.2) is 53.3 Å². The number of carbonyl (C=O) groups is 1. The van der Waals surface area contributed by atoms with Crippen molar-refractivity contribution in [1.29, 1.82) is 0 Å². The average molecular weight is 479 g/mol. The molecule has 0 bridgehead atoms. The second-order valence-electron chi connectivity index (χ2n) is 9.46. The van der Waals surface area contributed by atoms with Gasteiger partial charge in [0.2, 0.25) is 0 Å². The largest absolute Gasteiger partial charge is 0.478 e. The number of likely N-dealkylation sites (tertiary alicyclic amines) is 1. The standard InChI is InChI=1S/C27H31FN4O3/c28-20-7-9-21(10-8-20)32-24(25(27(34)35)22-5-1-2-6-23(22)26(32)33)19-31-17-15-30(16-18-31)14-13-29-11-3-4-12-29/h1-2,5-10H,3-4,11-19H2,(H,34,35). The van der Waals surface area contributed by atoms with Gasteiger partial charge in [-0.05, 0) is 56.3 Å². The molecule has 184 valence electrons. The van der Waals surface area contributed by atoms with Crippen LogP contribution in [0.1, 0.15) is 28.9 Å². The van der Waals surface area contributed by atoms with Crippen molar-refractivity contribution in [2.75, 3.05) is 52.4 Å². The molecule has 0 radical (unpaired) electrons. The molecule has 1 N–H and O–H groups in total. The van der Waals surface area contributed by atoms with E-state index in [4.69, 9.17) is 0 Å². The lowest BCUT2D eigenvalue weighted by atomic mass is 10.0. The number of pyridine rings is 1. The highest BCUT2D eigenvalue weighted by molar-refractivity contribution is 6.04. The van der Waals surface area contributed by atoms with Crippen LogP contribution in [0.3, 0.4) is 0 Å². The second kappa shape index (κ2) is 10.3. The van der Waals surface area contributed by atoms with Crippen LogP contribution in [0, 0.1) is 5.82 Å². The Morgan fingerprint density at radius 3 is 2.00 bits per heavy atom. The molecule has 2 aromatic carbocycles. The van der Waals surface area contributed by atoms with E-state index in [0.29, 0.717) is 28.7 Å². The van der Waals surface area contributed by atoms with Crippen LogP contribution < -0.4 is 5.56 Å². The van der Waals surface area contributed by atoms with Gasteiger partial charge < -0.3 is 10.0 Å². The van der Waals surface area contributed by atoms with Gasteiger partial charge in [-0.2, -0.15) is 0 Å². The van der Waals surface area contributed by atoms with Crippen LogP contribution >= 0.6 is 0 Å². The van der Waals surface area contributed by atoms with Gasteiger partial charge in [0.25, 0.3) is 5.56 Å². The first-order valence-corrected chi connectivity index (χ1v) is 12.3. The fraction of sp³-hybridized carbons (Fsp3) is 0.407. The molecule has 3 heterocycles. The SMILES string of the molecule is O=C(O)c1c(CN2CCN(CCN3CCCC3)CC2)n(-c2ccc(F)cc2)c(=O)c2ccccc12. The Bertz CT molecular complexity index is 1260. The summed E-state index contributed by atoms with van der Waals surface area (Å²) in [5.41, 5.74) is 0.722. The number of aromatic carboxylic acids is 1. The van der Waals surface area contributed by atoms with Crippen molar-refractivity contribution in [3.8, 4) is 5.69 Å². The zero-order chi connectivity index (χ0) is 24.4. The van der Waals surface area contributed by atoms with Gasteiger partial charge in [-0.3, -0.25) is 19.2 Å². The Kier molecular flexibility index (Phi) is 6.95. The first-order chi connectivity index (χ1) is 17.0. The molecule has 0 unspecified atom stereocenters. The zero-order valence-corrected chi connectivity index (χ0v) is 19.8. The molecular formula is C27H31FN4O3. The number of aromatic nitrogens is 1. The van der Waals surface area contributed by atoms with Crippen molar-refractivity contribution in [3.05, 3.63) is 76.0 Å². The van der Waals surface area contributed by atoms with Crippen LogP contribution in [-0.4, -0.2) is 82.7 Å². The summed E-state index contributed by atoms with van der Waals surface area (Å²) in [6.45, 7) is 8.27. The van der Waals surface area contributed by atoms with Crippen LogP contribution in [0.4, 0.5) is 4.39 Å². The van der Waals surface area contributed by atoms with E-state index >= 15 is 0 Å². The number of carboxylic acid groups (broad SMARTS) is 1. The van der Waals surface area contributed by atoms with Gasteiger partial charge in [0, 0.05) is 62.3 Å². The molecule has 0 aliphatic carbocycles. The molecule has 0 spiro atoms. The quantitative estimate of drug-likeness (QED) is 0.563. The highest BCUT2D eigenvalue weighted by Crippen LogP contribution is 2.24. The molecule has 1 aromatic heterocycles. The van der Waals surface area contributed by atoms with Gasteiger partial charge in [-0.25, -0.2) is 9.18 Å². The molecule has 0 saturated carbocycles. The minimum Gasteiger partial charge on any atom is -0.478 e. The van der Waals surface area contributed by atoms with Gasteiger partial charge in [-0.15, -0.1) is 0 Å². The normalized spacial score (nSPS) is 17.9. The molecule has 5 rings (SSSR count). The summed E-state index contributed by atoms with van der Waals surface area (Å²) in [5, 5.41) is 11.0. The number of halogens is 1. The van der Waals surface area contributed by atoms with E-state index in [1.165, 1.54) is 54.8 Å². The van der Waals surface area contributed by atoms with Crippen LogP contribution in [0.5, 0.6) is 0 Å². The van der Waals surface area contributed by atoms with Gasteiger partial charge in [0.05, 0.1) is 11.3 Å². The summed E-state index contributed by atoms with van der Waals surface area (Å²) in [5.74, 6) is -1.48. The molecule has 0 amide bonds. The van der Waals surface area contributed by atoms with Crippen LogP contribution in [-0.2, 0) is 6.54 Å².